The van der Waals surface area contributed by atoms with E-state index in [0.29, 0.717) is 29.1 Å². The minimum absolute atomic E-state index is 0.0608. The van der Waals surface area contributed by atoms with E-state index < -0.39 is 10.0 Å². The molecule has 4 rings (SSSR count). The van der Waals surface area contributed by atoms with Crippen LogP contribution in [0.5, 0.6) is 0 Å². The summed E-state index contributed by atoms with van der Waals surface area (Å²) in [6, 6.07) is 6.38. The van der Waals surface area contributed by atoms with Gasteiger partial charge in [-0.05, 0) is 50.6 Å². The van der Waals surface area contributed by atoms with E-state index in [9.17, 15) is 8.42 Å². The lowest BCUT2D eigenvalue weighted by Crippen LogP contribution is -2.56. The van der Waals surface area contributed by atoms with Gasteiger partial charge in [0, 0.05) is 18.8 Å². The van der Waals surface area contributed by atoms with Gasteiger partial charge in [-0.1, -0.05) is 11.6 Å². The highest BCUT2D eigenvalue weighted by Gasteiger charge is 2.42. The van der Waals surface area contributed by atoms with Crippen molar-refractivity contribution in [2.24, 2.45) is 0 Å². The summed E-state index contributed by atoms with van der Waals surface area (Å²) in [7, 11) is -2.09. The highest BCUT2D eigenvalue weighted by molar-refractivity contribution is 7.89. The normalized spacial score (nSPS) is 18.7. The van der Waals surface area contributed by atoms with Crippen LogP contribution in [0, 0.1) is 0 Å². The SMILES string of the molecule is CNS(=O)(=O)c1ccc(Nc2ncc(Cl)c(N3CCOC4(CCC4)C3)n2)cc1. The van der Waals surface area contributed by atoms with Crippen LogP contribution in [0.15, 0.2) is 35.4 Å². The van der Waals surface area contributed by atoms with Crippen molar-refractivity contribution in [2.75, 3.05) is 37.0 Å². The van der Waals surface area contributed by atoms with Gasteiger partial charge in [0.25, 0.3) is 0 Å². The topological polar surface area (TPSA) is 96.5 Å². The van der Waals surface area contributed by atoms with Crippen molar-refractivity contribution >= 4 is 39.1 Å². The van der Waals surface area contributed by atoms with Gasteiger partial charge in [0.15, 0.2) is 5.82 Å². The third-order valence-corrected chi connectivity index (χ3v) is 6.92. The van der Waals surface area contributed by atoms with Crippen LogP contribution in [0.4, 0.5) is 17.5 Å². The summed E-state index contributed by atoms with van der Waals surface area (Å²) in [5.41, 5.74) is 0.621. The average Bonchev–Trinajstić information content (AvgIpc) is 2.69. The zero-order valence-corrected chi connectivity index (χ0v) is 17.1. The molecule has 1 aromatic carbocycles. The first-order valence-electron chi connectivity index (χ1n) is 9.13. The van der Waals surface area contributed by atoms with Crippen LogP contribution in [0.1, 0.15) is 19.3 Å². The number of nitrogens with one attached hydrogen (secondary N) is 2. The van der Waals surface area contributed by atoms with Gasteiger partial charge in [0.1, 0.15) is 5.02 Å². The van der Waals surface area contributed by atoms with Crippen LogP contribution >= 0.6 is 11.6 Å². The third-order valence-electron chi connectivity index (χ3n) is 5.23. The number of hydrogen-bond acceptors (Lipinski definition) is 7. The summed E-state index contributed by atoms with van der Waals surface area (Å²) >= 11 is 6.36. The lowest BCUT2D eigenvalue weighted by Gasteiger charge is -2.48. The number of rotatable bonds is 5. The summed E-state index contributed by atoms with van der Waals surface area (Å²) in [4.78, 5) is 11.2. The Kier molecular flexibility index (Phi) is 5.17. The number of sulfonamides is 1. The van der Waals surface area contributed by atoms with Gasteiger partial charge >= 0.3 is 0 Å². The number of anilines is 3. The third kappa shape index (κ3) is 3.80. The predicted octanol–water partition coefficient (Wildman–Crippen LogP) is 2.54. The zero-order chi connectivity index (χ0) is 19.8. The predicted molar refractivity (Wildman–Crippen MR) is 108 cm³/mol. The first-order valence-corrected chi connectivity index (χ1v) is 11.0. The van der Waals surface area contributed by atoms with Crippen LogP contribution < -0.4 is 14.9 Å². The number of benzene rings is 1. The Balaban J connectivity index is 1.52. The lowest BCUT2D eigenvalue weighted by atomic mass is 9.79. The molecule has 1 aliphatic heterocycles. The van der Waals surface area contributed by atoms with Crippen molar-refractivity contribution in [1.82, 2.24) is 14.7 Å². The molecule has 2 aromatic rings. The Labute approximate surface area is 169 Å². The maximum absolute atomic E-state index is 11.8. The first-order chi connectivity index (χ1) is 13.4. The van der Waals surface area contributed by atoms with Crippen molar-refractivity contribution in [3.05, 3.63) is 35.5 Å². The quantitative estimate of drug-likeness (QED) is 0.762. The van der Waals surface area contributed by atoms with Crippen molar-refractivity contribution in [2.45, 2.75) is 29.8 Å². The van der Waals surface area contributed by atoms with Crippen LogP contribution in [-0.2, 0) is 14.8 Å². The molecule has 0 atom stereocenters. The first kappa shape index (κ1) is 19.4. The Morgan fingerprint density at radius 3 is 2.64 bits per heavy atom. The Hall–Kier alpha value is -1.94. The molecule has 10 heteroatoms. The molecule has 1 aromatic heterocycles. The molecule has 2 aliphatic rings. The van der Waals surface area contributed by atoms with Gasteiger partial charge < -0.3 is 15.0 Å². The lowest BCUT2D eigenvalue weighted by molar-refractivity contribution is -0.106. The van der Waals surface area contributed by atoms with Crippen LogP contribution in [0.2, 0.25) is 5.02 Å². The molecular formula is C18H22ClN5O3S. The summed E-state index contributed by atoms with van der Waals surface area (Å²) in [5.74, 6) is 1.08. The standard InChI is InChI=1S/C18H22ClN5O3S/c1-20-28(25,26)14-5-3-13(4-6-14)22-17-21-11-15(19)16(23-17)24-9-10-27-18(12-24)7-2-8-18/h3-6,11,20H,2,7-10,12H2,1H3,(H,21,22,23). The highest BCUT2D eigenvalue weighted by atomic mass is 35.5. The van der Waals surface area contributed by atoms with E-state index in [-0.39, 0.29) is 10.5 Å². The summed E-state index contributed by atoms with van der Waals surface area (Å²) < 4.78 is 31.9. The van der Waals surface area contributed by atoms with Gasteiger partial charge in [0.2, 0.25) is 16.0 Å². The summed E-state index contributed by atoms with van der Waals surface area (Å²) in [6.45, 7) is 2.17. The molecule has 0 radical (unpaired) electrons. The number of ether oxygens (including phenoxy) is 1. The van der Waals surface area contributed by atoms with Gasteiger partial charge in [-0.3, -0.25) is 0 Å². The van der Waals surface area contributed by atoms with Crippen molar-refractivity contribution in [3.8, 4) is 0 Å². The van der Waals surface area contributed by atoms with Crippen molar-refractivity contribution in [3.63, 3.8) is 0 Å². The van der Waals surface area contributed by atoms with Crippen molar-refractivity contribution < 1.29 is 13.2 Å². The van der Waals surface area contributed by atoms with E-state index in [1.54, 1.807) is 18.3 Å². The molecule has 2 fully saturated rings. The van der Waals surface area contributed by atoms with Crippen LogP contribution in [0.25, 0.3) is 0 Å². The molecule has 0 amide bonds. The zero-order valence-electron chi connectivity index (χ0n) is 15.5. The molecule has 1 aliphatic carbocycles. The number of hydrogen-bond donors (Lipinski definition) is 2. The highest BCUT2D eigenvalue weighted by Crippen LogP contribution is 2.40. The maximum Gasteiger partial charge on any atom is 0.240 e. The molecule has 28 heavy (non-hydrogen) atoms. The fourth-order valence-electron chi connectivity index (χ4n) is 3.50. The van der Waals surface area contributed by atoms with Crippen LogP contribution in [-0.4, -0.2) is 50.7 Å². The number of morpholine rings is 1. The van der Waals surface area contributed by atoms with E-state index in [2.05, 4.69) is 24.9 Å². The second kappa shape index (κ2) is 7.47. The minimum atomic E-state index is -3.47. The van der Waals surface area contributed by atoms with E-state index >= 15 is 0 Å². The summed E-state index contributed by atoms with van der Waals surface area (Å²) in [6.07, 6.45) is 4.91. The Morgan fingerprint density at radius 2 is 2.00 bits per heavy atom. The largest absolute Gasteiger partial charge is 0.371 e. The fourth-order valence-corrected chi connectivity index (χ4v) is 4.44. The molecule has 1 saturated carbocycles. The van der Waals surface area contributed by atoms with E-state index in [1.165, 1.54) is 25.6 Å². The molecular weight excluding hydrogens is 402 g/mol. The second-order valence-corrected chi connectivity index (χ2v) is 9.32. The molecule has 2 N–H and O–H groups in total. The molecule has 0 bridgehead atoms. The Morgan fingerprint density at radius 1 is 1.25 bits per heavy atom. The molecule has 0 unspecified atom stereocenters. The minimum Gasteiger partial charge on any atom is -0.371 e. The molecule has 150 valence electrons. The second-order valence-electron chi connectivity index (χ2n) is 7.03. The number of nitrogens with zero attached hydrogens (tertiary/aromatic N) is 3. The van der Waals surface area contributed by atoms with Gasteiger partial charge in [-0.2, -0.15) is 4.98 Å². The van der Waals surface area contributed by atoms with Gasteiger partial charge in [0.05, 0.1) is 23.3 Å². The van der Waals surface area contributed by atoms with Gasteiger partial charge in [-0.15, -0.1) is 0 Å². The molecule has 8 nitrogen and oxygen atoms in total. The number of aromatic nitrogens is 2. The van der Waals surface area contributed by atoms with E-state index in [4.69, 9.17) is 16.3 Å². The smallest absolute Gasteiger partial charge is 0.240 e. The molecule has 1 saturated heterocycles. The van der Waals surface area contributed by atoms with Gasteiger partial charge in [-0.25, -0.2) is 18.1 Å². The molecule has 2 heterocycles. The van der Waals surface area contributed by atoms with E-state index in [0.717, 1.165) is 25.9 Å². The monoisotopic (exact) mass is 423 g/mol. The van der Waals surface area contributed by atoms with E-state index in [1.807, 2.05) is 0 Å². The fraction of sp³-hybridized carbons (Fsp3) is 0.444. The number of halogens is 1. The summed E-state index contributed by atoms with van der Waals surface area (Å²) in [5, 5.41) is 3.60. The van der Waals surface area contributed by atoms with Crippen molar-refractivity contribution in [1.29, 1.82) is 0 Å². The molecule has 1 spiro atoms. The Bertz CT molecular complexity index is 964. The average molecular weight is 424 g/mol. The maximum atomic E-state index is 11.8. The van der Waals surface area contributed by atoms with Crippen LogP contribution in [0.3, 0.4) is 0 Å².